The Bertz CT molecular complexity index is 787. The molecule has 0 radical (unpaired) electrons. The summed E-state index contributed by atoms with van der Waals surface area (Å²) < 4.78 is 44.4. The van der Waals surface area contributed by atoms with Crippen LogP contribution in [0.4, 0.5) is 10.1 Å². The number of rotatable bonds is 5. The van der Waals surface area contributed by atoms with Crippen LogP contribution in [0, 0.1) is 22.9 Å². The number of nitro benzene ring substituents is 1. The molecular formula is C11H10FN3O5S. The second-order valence-electron chi connectivity index (χ2n) is 4.10. The van der Waals surface area contributed by atoms with Crippen LogP contribution in [0.5, 0.6) is 0 Å². The van der Waals surface area contributed by atoms with Gasteiger partial charge in [-0.25, -0.2) is 13.1 Å². The minimum Gasteiger partial charge on any atom is -0.360 e. The van der Waals surface area contributed by atoms with E-state index in [0.29, 0.717) is 5.69 Å². The van der Waals surface area contributed by atoms with Crippen LogP contribution in [0.15, 0.2) is 33.7 Å². The summed E-state index contributed by atoms with van der Waals surface area (Å²) in [7, 11) is -4.27. The summed E-state index contributed by atoms with van der Waals surface area (Å²) in [4.78, 5) is 8.98. The summed E-state index contributed by atoms with van der Waals surface area (Å²) in [6.07, 6.45) is 0. The van der Waals surface area contributed by atoms with Gasteiger partial charge in [0.25, 0.3) is 0 Å². The molecule has 0 aliphatic carbocycles. The average molecular weight is 315 g/mol. The molecule has 1 aromatic heterocycles. The molecule has 0 amide bonds. The Morgan fingerprint density at radius 1 is 1.48 bits per heavy atom. The van der Waals surface area contributed by atoms with E-state index in [2.05, 4.69) is 9.88 Å². The fraction of sp³-hybridized carbons (Fsp3) is 0.182. The molecular weight excluding hydrogens is 305 g/mol. The summed E-state index contributed by atoms with van der Waals surface area (Å²) in [5.41, 5.74) is -0.542. The van der Waals surface area contributed by atoms with Crippen molar-refractivity contribution in [3.8, 4) is 0 Å². The van der Waals surface area contributed by atoms with Crippen molar-refractivity contribution in [3.05, 3.63) is 51.7 Å². The van der Waals surface area contributed by atoms with Crippen LogP contribution in [0.25, 0.3) is 0 Å². The number of para-hydroxylation sites is 1. The zero-order chi connectivity index (χ0) is 15.6. The van der Waals surface area contributed by atoms with Crippen molar-refractivity contribution in [2.45, 2.75) is 18.4 Å². The molecule has 0 saturated heterocycles. The van der Waals surface area contributed by atoms with Crippen molar-refractivity contribution in [3.63, 3.8) is 0 Å². The molecule has 0 spiro atoms. The van der Waals surface area contributed by atoms with E-state index in [1.165, 1.54) is 6.07 Å². The second-order valence-corrected chi connectivity index (χ2v) is 5.84. The molecule has 8 nitrogen and oxygen atoms in total. The Morgan fingerprint density at radius 3 is 2.76 bits per heavy atom. The molecule has 10 heteroatoms. The normalized spacial score (nSPS) is 11.5. The Kier molecular flexibility index (Phi) is 4.00. The van der Waals surface area contributed by atoms with Crippen molar-refractivity contribution in [2.75, 3.05) is 0 Å². The Morgan fingerprint density at radius 2 is 2.19 bits per heavy atom. The SMILES string of the molecule is Cc1cc(CNS(=O)(=O)c2cccc(F)c2[N+](=O)[O-])on1. The van der Waals surface area contributed by atoms with Crippen molar-refractivity contribution in [1.29, 1.82) is 0 Å². The minimum atomic E-state index is -4.27. The summed E-state index contributed by atoms with van der Waals surface area (Å²) in [6, 6.07) is 4.35. The second kappa shape index (κ2) is 5.58. The van der Waals surface area contributed by atoms with Gasteiger partial charge in [-0.2, -0.15) is 4.39 Å². The van der Waals surface area contributed by atoms with Crippen molar-refractivity contribution in [2.24, 2.45) is 0 Å². The summed E-state index contributed by atoms with van der Waals surface area (Å²) in [5, 5.41) is 14.4. The van der Waals surface area contributed by atoms with E-state index in [-0.39, 0.29) is 12.3 Å². The third-order valence-corrected chi connectivity index (χ3v) is 3.97. The molecule has 0 aliphatic heterocycles. The van der Waals surface area contributed by atoms with Gasteiger partial charge in [0.15, 0.2) is 10.7 Å². The van der Waals surface area contributed by atoms with E-state index >= 15 is 0 Å². The van der Waals surface area contributed by atoms with Crippen LogP contribution < -0.4 is 4.72 Å². The lowest BCUT2D eigenvalue weighted by Crippen LogP contribution is -2.24. The lowest BCUT2D eigenvalue weighted by Gasteiger charge is -2.06. The number of hydrogen-bond acceptors (Lipinski definition) is 6. The lowest BCUT2D eigenvalue weighted by atomic mass is 10.3. The summed E-state index contributed by atoms with van der Waals surface area (Å²) in [6.45, 7) is 1.40. The number of aryl methyl sites for hydroxylation is 1. The van der Waals surface area contributed by atoms with E-state index in [0.717, 1.165) is 18.2 Å². The molecule has 2 aromatic rings. The van der Waals surface area contributed by atoms with Gasteiger partial charge in [0, 0.05) is 6.07 Å². The molecule has 0 fully saturated rings. The fourth-order valence-corrected chi connectivity index (χ4v) is 2.81. The highest BCUT2D eigenvalue weighted by Crippen LogP contribution is 2.26. The maximum atomic E-state index is 13.4. The van der Waals surface area contributed by atoms with E-state index in [1.807, 2.05) is 0 Å². The molecule has 21 heavy (non-hydrogen) atoms. The first-order valence-corrected chi connectivity index (χ1v) is 7.14. The van der Waals surface area contributed by atoms with Crippen LogP contribution in [0.3, 0.4) is 0 Å². The largest absolute Gasteiger partial charge is 0.360 e. The van der Waals surface area contributed by atoms with Crippen LogP contribution >= 0.6 is 0 Å². The van der Waals surface area contributed by atoms with Gasteiger partial charge in [-0.3, -0.25) is 10.1 Å². The molecule has 112 valence electrons. The highest BCUT2D eigenvalue weighted by molar-refractivity contribution is 7.89. The number of nitrogens with zero attached hydrogens (tertiary/aromatic N) is 2. The van der Waals surface area contributed by atoms with Gasteiger partial charge in [0.2, 0.25) is 15.8 Å². The highest BCUT2D eigenvalue weighted by Gasteiger charge is 2.29. The molecule has 0 unspecified atom stereocenters. The molecule has 2 rings (SSSR count). The van der Waals surface area contributed by atoms with Crippen LogP contribution in [-0.2, 0) is 16.6 Å². The first-order valence-electron chi connectivity index (χ1n) is 5.66. The maximum Gasteiger partial charge on any atom is 0.324 e. The predicted octanol–water partition coefficient (Wildman–Crippen LogP) is 1.51. The Hall–Kier alpha value is -2.33. The van der Waals surface area contributed by atoms with Crippen molar-refractivity contribution in [1.82, 2.24) is 9.88 Å². The number of nitro groups is 1. The zero-order valence-corrected chi connectivity index (χ0v) is 11.6. The quantitative estimate of drug-likeness (QED) is 0.660. The molecule has 0 bridgehead atoms. The van der Waals surface area contributed by atoms with Gasteiger partial charge in [0.05, 0.1) is 17.2 Å². The minimum absolute atomic E-state index is 0.232. The van der Waals surface area contributed by atoms with Gasteiger partial charge in [0.1, 0.15) is 0 Å². The number of halogens is 1. The summed E-state index contributed by atoms with van der Waals surface area (Å²) >= 11 is 0. The number of hydrogen-bond donors (Lipinski definition) is 1. The number of benzene rings is 1. The third kappa shape index (κ3) is 3.23. The van der Waals surface area contributed by atoms with Gasteiger partial charge < -0.3 is 4.52 Å². The molecule has 0 aliphatic rings. The monoisotopic (exact) mass is 315 g/mol. The standard InChI is InChI=1S/C11H10FN3O5S/c1-7-5-8(20-14-7)6-13-21(18,19)10-4-2-3-9(12)11(10)15(16)17/h2-5,13H,6H2,1H3. The number of nitrogens with one attached hydrogen (secondary N) is 1. The summed E-state index contributed by atoms with van der Waals surface area (Å²) in [5.74, 6) is -0.992. The van der Waals surface area contributed by atoms with E-state index in [1.54, 1.807) is 6.92 Å². The number of aromatic nitrogens is 1. The Balaban J connectivity index is 2.32. The molecule has 0 atom stereocenters. The first-order chi connectivity index (χ1) is 9.81. The fourth-order valence-electron chi connectivity index (χ4n) is 1.63. The van der Waals surface area contributed by atoms with Crippen molar-refractivity contribution < 1.29 is 22.3 Å². The lowest BCUT2D eigenvalue weighted by molar-refractivity contribution is -0.390. The van der Waals surface area contributed by atoms with Crippen LogP contribution in [0.2, 0.25) is 0 Å². The topological polar surface area (TPSA) is 115 Å². The zero-order valence-electron chi connectivity index (χ0n) is 10.7. The Labute approximate surface area is 118 Å². The molecule has 0 saturated carbocycles. The van der Waals surface area contributed by atoms with Gasteiger partial charge in [-0.05, 0) is 19.1 Å². The molecule has 1 heterocycles. The van der Waals surface area contributed by atoms with E-state index in [4.69, 9.17) is 4.52 Å². The van der Waals surface area contributed by atoms with Gasteiger partial charge >= 0.3 is 5.69 Å². The van der Waals surface area contributed by atoms with Crippen LogP contribution in [0.1, 0.15) is 11.5 Å². The predicted molar refractivity (Wildman–Crippen MR) is 68.3 cm³/mol. The van der Waals surface area contributed by atoms with Crippen molar-refractivity contribution >= 4 is 15.7 Å². The molecule has 1 N–H and O–H groups in total. The van der Waals surface area contributed by atoms with E-state index in [9.17, 15) is 22.9 Å². The van der Waals surface area contributed by atoms with Crippen LogP contribution in [-0.4, -0.2) is 18.5 Å². The van der Waals surface area contributed by atoms with Gasteiger partial charge in [-0.1, -0.05) is 11.2 Å². The highest BCUT2D eigenvalue weighted by atomic mass is 32.2. The smallest absolute Gasteiger partial charge is 0.324 e. The van der Waals surface area contributed by atoms with E-state index < -0.39 is 31.3 Å². The first kappa shape index (κ1) is 15.1. The number of sulfonamides is 1. The molecule has 1 aromatic carbocycles. The third-order valence-electron chi connectivity index (χ3n) is 2.54. The van der Waals surface area contributed by atoms with Gasteiger partial charge in [-0.15, -0.1) is 0 Å². The average Bonchev–Trinajstić information content (AvgIpc) is 2.82. The maximum absolute atomic E-state index is 13.4.